The predicted molar refractivity (Wildman–Crippen MR) is 78.4 cm³/mol. The van der Waals surface area contributed by atoms with Crippen LogP contribution < -0.4 is 10.2 Å². The lowest BCUT2D eigenvalue weighted by Crippen LogP contribution is -3.14. The molecular weight excluding hydrogens is 236 g/mol. The summed E-state index contributed by atoms with van der Waals surface area (Å²) in [6, 6.07) is 8.13. The van der Waals surface area contributed by atoms with Gasteiger partial charge in [-0.25, -0.2) is 0 Å². The fourth-order valence-electron chi connectivity index (χ4n) is 2.81. The Balaban J connectivity index is 1.83. The van der Waals surface area contributed by atoms with Gasteiger partial charge in [0.2, 0.25) is 0 Å². The lowest BCUT2D eigenvalue weighted by atomic mass is 10.0. The van der Waals surface area contributed by atoms with Gasteiger partial charge in [-0.1, -0.05) is 26.0 Å². The molecule has 1 amide bonds. The first-order chi connectivity index (χ1) is 9.17. The number of rotatable bonds is 4. The minimum absolute atomic E-state index is 0.133. The van der Waals surface area contributed by atoms with Gasteiger partial charge in [-0.2, -0.15) is 0 Å². The highest BCUT2D eigenvalue weighted by Gasteiger charge is 2.21. The van der Waals surface area contributed by atoms with E-state index < -0.39 is 0 Å². The molecule has 1 heterocycles. The van der Waals surface area contributed by atoms with Gasteiger partial charge < -0.3 is 10.2 Å². The standard InChI is InChI=1S/C16H24N2O/c1-3-14-6-8-15(9-7-14)17-16(19)12-18-10-4-5-13(2)11-18/h6-9,13H,3-5,10-12H2,1-2H3,(H,17,19)/p+1/t13-/m0/s1. The minimum atomic E-state index is 0.133. The van der Waals surface area contributed by atoms with E-state index in [4.69, 9.17) is 0 Å². The van der Waals surface area contributed by atoms with Crippen molar-refractivity contribution in [1.82, 2.24) is 0 Å². The quantitative estimate of drug-likeness (QED) is 0.846. The van der Waals surface area contributed by atoms with Crippen molar-refractivity contribution >= 4 is 11.6 Å². The van der Waals surface area contributed by atoms with E-state index in [1.165, 1.54) is 23.3 Å². The fraction of sp³-hybridized carbons (Fsp3) is 0.562. The smallest absolute Gasteiger partial charge is 0.279 e. The summed E-state index contributed by atoms with van der Waals surface area (Å²) in [5, 5.41) is 3.00. The first-order valence-electron chi connectivity index (χ1n) is 7.39. The van der Waals surface area contributed by atoms with Crippen molar-refractivity contribution in [2.45, 2.75) is 33.1 Å². The van der Waals surface area contributed by atoms with E-state index in [1.54, 1.807) is 0 Å². The molecule has 1 aliphatic rings. The molecule has 2 atom stereocenters. The first kappa shape index (κ1) is 14.1. The van der Waals surface area contributed by atoms with E-state index in [0.29, 0.717) is 6.54 Å². The number of quaternary nitrogens is 1. The molecule has 2 rings (SSSR count). The summed E-state index contributed by atoms with van der Waals surface area (Å²) >= 11 is 0. The number of carbonyl (C=O) groups is 1. The van der Waals surface area contributed by atoms with Gasteiger partial charge in [0, 0.05) is 11.6 Å². The van der Waals surface area contributed by atoms with Gasteiger partial charge >= 0.3 is 0 Å². The van der Waals surface area contributed by atoms with Crippen LogP contribution in [0.4, 0.5) is 5.69 Å². The second-order valence-corrected chi connectivity index (χ2v) is 5.73. The summed E-state index contributed by atoms with van der Waals surface area (Å²) < 4.78 is 0. The average Bonchev–Trinajstić information content (AvgIpc) is 2.39. The number of piperidine rings is 1. The van der Waals surface area contributed by atoms with Gasteiger partial charge in [0.1, 0.15) is 0 Å². The van der Waals surface area contributed by atoms with Gasteiger partial charge in [0.25, 0.3) is 5.91 Å². The zero-order valence-corrected chi connectivity index (χ0v) is 12.0. The molecule has 3 heteroatoms. The molecule has 1 aromatic carbocycles. The van der Waals surface area contributed by atoms with Crippen molar-refractivity contribution in [2.24, 2.45) is 5.92 Å². The molecule has 1 aromatic rings. The molecule has 0 aliphatic carbocycles. The second-order valence-electron chi connectivity index (χ2n) is 5.73. The fourth-order valence-corrected chi connectivity index (χ4v) is 2.81. The monoisotopic (exact) mass is 261 g/mol. The van der Waals surface area contributed by atoms with Gasteiger partial charge in [0.05, 0.1) is 13.1 Å². The van der Waals surface area contributed by atoms with Gasteiger partial charge in [-0.3, -0.25) is 4.79 Å². The molecule has 104 valence electrons. The number of aryl methyl sites for hydroxylation is 1. The molecule has 0 aromatic heterocycles. The average molecular weight is 261 g/mol. The van der Waals surface area contributed by atoms with Crippen molar-refractivity contribution < 1.29 is 9.69 Å². The Morgan fingerprint density at radius 2 is 2.11 bits per heavy atom. The minimum Gasteiger partial charge on any atom is -0.327 e. The van der Waals surface area contributed by atoms with Gasteiger partial charge in [-0.15, -0.1) is 0 Å². The number of hydrogen-bond donors (Lipinski definition) is 2. The van der Waals surface area contributed by atoms with Crippen LogP contribution in [-0.4, -0.2) is 25.5 Å². The number of benzene rings is 1. The summed E-state index contributed by atoms with van der Waals surface area (Å²) in [7, 11) is 0. The highest BCUT2D eigenvalue weighted by atomic mass is 16.2. The first-order valence-corrected chi connectivity index (χ1v) is 7.39. The maximum Gasteiger partial charge on any atom is 0.279 e. The summed E-state index contributed by atoms with van der Waals surface area (Å²) in [4.78, 5) is 13.4. The van der Waals surface area contributed by atoms with E-state index in [1.807, 2.05) is 12.1 Å². The molecule has 1 fully saturated rings. The number of nitrogens with one attached hydrogen (secondary N) is 2. The Labute approximate surface area is 116 Å². The lowest BCUT2D eigenvalue weighted by molar-refractivity contribution is -0.900. The van der Waals surface area contributed by atoms with Crippen molar-refractivity contribution in [3.05, 3.63) is 29.8 Å². The Morgan fingerprint density at radius 3 is 2.74 bits per heavy atom. The van der Waals surface area contributed by atoms with Crippen molar-refractivity contribution in [3.63, 3.8) is 0 Å². The van der Waals surface area contributed by atoms with Crippen molar-refractivity contribution in [3.8, 4) is 0 Å². The highest BCUT2D eigenvalue weighted by molar-refractivity contribution is 5.91. The van der Waals surface area contributed by atoms with Crippen molar-refractivity contribution in [1.29, 1.82) is 0 Å². The Hall–Kier alpha value is -1.35. The lowest BCUT2D eigenvalue weighted by Gasteiger charge is -2.27. The molecule has 2 N–H and O–H groups in total. The Bertz CT molecular complexity index is 413. The van der Waals surface area contributed by atoms with E-state index in [9.17, 15) is 4.79 Å². The topological polar surface area (TPSA) is 33.5 Å². The van der Waals surface area contributed by atoms with Crippen LogP contribution in [0.2, 0.25) is 0 Å². The van der Waals surface area contributed by atoms with Crippen LogP contribution in [0.15, 0.2) is 24.3 Å². The van der Waals surface area contributed by atoms with Crippen LogP contribution in [0.5, 0.6) is 0 Å². The van der Waals surface area contributed by atoms with Crippen LogP contribution in [0.1, 0.15) is 32.3 Å². The maximum absolute atomic E-state index is 12.0. The van der Waals surface area contributed by atoms with E-state index >= 15 is 0 Å². The SMILES string of the molecule is CCc1ccc(NC(=O)C[NH+]2CCC[C@H](C)C2)cc1. The molecule has 1 saturated heterocycles. The summed E-state index contributed by atoms with van der Waals surface area (Å²) in [6.07, 6.45) is 3.59. The number of anilines is 1. The number of likely N-dealkylation sites (tertiary alicyclic amines) is 1. The van der Waals surface area contributed by atoms with E-state index in [0.717, 1.165) is 31.1 Å². The molecular formula is C16H25N2O+. The molecule has 0 spiro atoms. The summed E-state index contributed by atoms with van der Waals surface area (Å²) in [5.41, 5.74) is 2.21. The molecule has 19 heavy (non-hydrogen) atoms. The molecule has 3 nitrogen and oxygen atoms in total. The normalized spacial score (nSPS) is 23.1. The molecule has 0 radical (unpaired) electrons. The number of carbonyl (C=O) groups excluding carboxylic acids is 1. The third kappa shape index (κ3) is 4.35. The summed E-state index contributed by atoms with van der Waals surface area (Å²) in [5.74, 6) is 0.883. The summed E-state index contributed by atoms with van der Waals surface area (Å²) in [6.45, 7) is 7.27. The second kappa shape index (κ2) is 6.71. The van der Waals surface area contributed by atoms with Gasteiger partial charge in [-0.05, 0) is 37.0 Å². The number of amides is 1. The van der Waals surface area contributed by atoms with Crippen molar-refractivity contribution in [2.75, 3.05) is 25.0 Å². The van der Waals surface area contributed by atoms with E-state index in [-0.39, 0.29) is 5.91 Å². The van der Waals surface area contributed by atoms with Crippen LogP contribution >= 0.6 is 0 Å². The third-order valence-electron chi connectivity index (χ3n) is 3.92. The molecule has 0 bridgehead atoms. The number of hydrogen-bond acceptors (Lipinski definition) is 1. The highest BCUT2D eigenvalue weighted by Crippen LogP contribution is 2.09. The van der Waals surface area contributed by atoms with Crippen LogP contribution in [-0.2, 0) is 11.2 Å². The Kier molecular flexibility index (Phi) is 4.97. The van der Waals surface area contributed by atoms with Crippen LogP contribution in [0, 0.1) is 5.92 Å². The Morgan fingerprint density at radius 1 is 1.37 bits per heavy atom. The zero-order chi connectivity index (χ0) is 13.7. The third-order valence-corrected chi connectivity index (χ3v) is 3.92. The molecule has 0 saturated carbocycles. The van der Waals surface area contributed by atoms with Crippen LogP contribution in [0.3, 0.4) is 0 Å². The van der Waals surface area contributed by atoms with E-state index in [2.05, 4.69) is 31.3 Å². The largest absolute Gasteiger partial charge is 0.327 e. The maximum atomic E-state index is 12.0. The molecule has 1 unspecified atom stereocenters. The molecule has 1 aliphatic heterocycles. The zero-order valence-electron chi connectivity index (χ0n) is 12.0. The van der Waals surface area contributed by atoms with Crippen LogP contribution in [0.25, 0.3) is 0 Å². The van der Waals surface area contributed by atoms with Gasteiger partial charge in [0.15, 0.2) is 6.54 Å². The predicted octanol–water partition coefficient (Wildman–Crippen LogP) is 1.50.